The predicted molar refractivity (Wildman–Crippen MR) is 85.7 cm³/mol. The van der Waals surface area contributed by atoms with E-state index in [9.17, 15) is 13.2 Å². The fourth-order valence-corrected chi connectivity index (χ4v) is 4.01. The molecule has 0 saturated carbocycles. The molecule has 0 fully saturated rings. The molecule has 0 aromatic heterocycles. The lowest BCUT2D eigenvalue weighted by atomic mass is 10.3. The van der Waals surface area contributed by atoms with Gasteiger partial charge in [-0.2, -0.15) is 0 Å². The van der Waals surface area contributed by atoms with Crippen molar-refractivity contribution in [1.82, 2.24) is 0 Å². The Morgan fingerprint density at radius 1 is 1.14 bits per heavy atom. The Morgan fingerprint density at radius 3 is 2.52 bits per heavy atom. The van der Waals surface area contributed by atoms with Gasteiger partial charge in [0.15, 0.2) is 9.84 Å². The molecule has 0 spiro atoms. The summed E-state index contributed by atoms with van der Waals surface area (Å²) < 4.78 is 24.8. The highest BCUT2D eigenvalue weighted by Gasteiger charge is 2.21. The maximum Gasteiger partial charge on any atom is 0.239 e. The van der Waals surface area contributed by atoms with Crippen molar-refractivity contribution in [3.63, 3.8) is 0 Å². The third-order valence-electron chi connectivity index (χ3n) is 2.66. The van der Waals surface area contributed by atoms with E-state index in [0.717, 1.165) is 0 Å². The van der Waals surface area contributed by atoms with Crippen molar-refractivity contribution >= 4 is 43.0 Å². The van der Waals surface area contributed by atoms with E-state index in [1.165, 1.54) is 6.07 Å². The molecule has 2 aromatic carbocycles. The molecule has 0 bridgehead atoms. The number of rotatable bonds is 4. The number of carbonyl (C=O) groups is 1. The first-order valence-electron chi connectivity index (χ1n) is 6.01. The van der Waals surface area contributed by atoms with Gasteiger partial charge in [0.1, 0.15) is 5.75 Å². The number of nitrogens with one attached hydrogen (secondary N) is 1. The molecular formula is C14H13BrN2O3S. The molecule has 0 aliphatic rings. The maximum absolute atomic E-state index is 12.2. The van der Waals surface area contributed by atoms with Gasteiger partial charge in [-0.15, -0.1) is 0 Å². The molecule has 0 aliphatic heterocycles. The Bertz CT molecular complexity index is 775. The lowest BCUT2D eigenvalue weighted by molar-refractivity contribution is -0.113. The molecule has 0 atom stereocenters. The largest absolute Gasteiger partial charge is 0.399 e. The number of sulfone groups is 1. The molecule has 0 heterocycles. The van der Waals surface area contributed by atoms with Crippen LogP contribution in [0.25, 0.3) is 0 Å². The fourth-order valence-electron chi connectivity index (χ4n) is 1.76. The zero-order valence-electron chi connectivity index (χ0n) is 10.9. The smallest absolute Gasteiger partial charge is 0.239 e. The average molecular weight is 369 g/mol. The van der Waals surface area contributed by atoms with E-state index in [1.54, 1.807) is 42.5 Å². The predicted octanol–water partition coefficient (Wildman–Crippen LogP) is 2.44. The first kappa shape index (κ1) is 15.5. The van der Waals surface area contributed by atoms with Gasteiger partial charge >= 0.3 is 0 Å². The maximum atomic E-state index is 12.2. The molecule has 0 unspecified atom stereocenters. The number of halogens is 1. The number of carbonyl (C=O) groups excluding carboxylic acids is 1. The van der Waals surface area contributed by atoms with Crippen LogP contribution in [0.1, 0.15) is 0 Å². The highest BCUT2D eigenvalue weighted by atomic mass is 79.9. The summed E-state index contributed by atoms with van der Waals surface area (Å²) in [6, 6.07) is 12.9. The Hall–Kier alpha value is -1.86. The summed E-state index contributed by atoms with van der Waals surface area (Å²) in [5, 5.41) is 2.51. The summed E-state index contributed by atoms with van der Waals surface area (Å²) in [6.07, 6.45) is 0. The van der Waals surface area contributed by atoms with Gasteiger partial charge in [0.25, 0.3) is 0 Å². The van der Waals surface area contributed by atoms with E-state index in [1.807, 2.05) is 0 Å². The quantitative estimate of drug-likeness (QED) is 0.811. The molecule has 2 aromatic rings. The first-order valence-corrected chi connectivity index (χ1v) is 8.46. The molecule has 7 heteroatoms. The van der Waals surface area contributed by atoms with Crippen molar-refractivity contribution in [3.05, 3.63) is 53.0 Å². The SMILES string of the molecule is Nc1cccc(NC(=O)CS(=O)(=O)c2ccccc2Br)c1. The zero-order valence-corrected chi connectivity index (χ0v) is 13.3. The number of amides is 1. The molecule has 5 nitrogen and oxygen atoms in total. The van der Waals surface area contributed by atoms with Crippen LogP contribution >= 0.6 is 15.9 Å². The first-order chi connectivity index (χ1) is 9.88. The van der Waals surface area contributed by atoms with Gasteiger partial charge in [0.2, 0.25) is 5.91 Å². The molecule has 110 valence electrons. The number of nitrogen functional groups attached to an aromatic ring is 1. The van der Waals surface area contributed by atoms with Crippen molar-refractivity contribution in [2.45, 2.75) is 4.90 Å². The fraction of sp³-hybridized carbons (Fsp3) is 0.0714. The van der Waals surface area contributed by atoms with Crippen molar-refractivity contribution in [2.24, 2.45) is 0 Å². The van der Waals surface area contributed by atoms with Gasteiger partial charge in [-0.3, -0.25) is 4.79 Å². The van der Waals surface area contributed by atoms with Crippen LogP contribution in [0, 0.1) is 0 Å². The minimum absolute atomic E-state index is 0.0905. The minimum Gasteiger partial charge on any atom is -0.399 e. The van der Waals surface area contributed by atoms with E-state index in [2.05, 4.69) is 21.2 Å². The van der Waals surface area contributed by atoms with Crippen LogP contribution in [0.3, 0.4) is 0 Å². The van der Waals surface area contributed by atoms with E-state index in [0.29, 0.717) is 15.8 Å². The van der Waals surface area contributed by atoms with Crippen LogP contribution in [0.4, 0.5) is 11.4 Å². The Kier molecular flexibility index (Phi) is 4.64. The van der Waals surface area contributed by atoms with Crippen molar-refractivity contribution in [3.8, 4) is 0 Å². The monoisotopic (exact) mass is 368 g/mol. The number of hydrogen-bond acceptors (Lipinski definition) is 4. The summed E-state index contributed by atoms with van der Waals surface area (Å²) in [7, 11) is -3.71. The Balaban J connectivity index is 2.14. The van der Waals surface area contributed by atoms with Gasteiger partial charge in [-0.25, -0.2) is 8.42 Å². The van der Waals surface area contributed by atoms with Gasteiger partial charge in [-0.1, -0.05) is 18.2 Å². The van der Waals surface area contributed by atoms with Crippen LogP contribution in [-0.4, -0.2) is 20.1 Å². The molecule has 2 rings (SSSR count). The second-order valence-corrected chi connectivity index (χ2v) is 7.18. The van der Waals surface area contributed by atoms with E-state index < -0.39 is 21.5 Å². The van der Waals surface area contributed by atoms with Gasteiger partial charge < -0.3 is 11.1 Å². The summed E-state index contributed by atoms with van der Waals surface area (Å²) in [4.78, 5) is 12.0. The third kappa shape index (κ3) is 4.05. The second-order valence-electron chi connectivity index (χ2n) is 4.36. The Labute approximate surface area is 131 Å². The van der Waals surface area contributed by atoms with Crippen molar-refractivity contribution in [1.29, 1.82) is 0 Å². The number of anilines is 2. The second kappa shape index (κ2) is 6.28. The molecule has 21 heavy (non-hydrogen) atoms. The number of nitrogens with two attached hydrogens (primary N) is 1. The van der Waals surface area contributed by atoms with Crippen molar-refractivity contribution in [2.75, 3.05) is 16.8 Å². The molecule has 0 saturated heterocycles. The Morgan fingerprint density at radius 2 is 1.86 bits per heavy atom. The molecular weight excluding hydrogens is 356 g/mol. The van der Waals surface area contributed by atoms with Gasteiger partial charge in [0.05, 0.1) is 4.90 Å². The van der Waals surface area contributed by atoms with Crippen LogP contribution < -0.4 is 11.1 Å². The molecule has 0 radical (unpaired) electrons. The van der Waals surface area contributed by atoms with E-state index >= 15 is 0 Å². The lowest BCUT2D eigenvalue weighted by Crippen LogP contribution is -2.23. The average Bonchev–Trinajstić information content (AvgIpc) is 2.38. The highest BCUT2D eigenvalue weighted by molar-refractivity contribution is 9.10. The van der Waals surface area contributed by atoms with E-state index in [4.69, 9.17) is 5.73 Å². The zero-order chi connectivity index (χ0) is 15.5. The molecule has 1 amide bonds. The van der Waals surface area contributed by atoms with Gasteiger partial charge in [0, 0.05) is 15.8 Å². The summed E-state index contributed by atoms with van der Waals surface area (Å²) in [5.74, 6) is -1.25. The molecule has 3 N–H and O–H groups in total. The third-order valence-corrected chi connectivity index (χ3v) is 5.29. The van der Waals surface area contributed by atoms with E-state index in [-0.39, 0.29) is 4.90 Å². The normalized spacial score (nSPS) is 11.1. The van der Waals surface area contributed by atoms with Crippen LogP contribution in [0.15, 0.2) is 57.9 Å². The van der Waals surface area contributed by atoms with Crippen LogP contribution in [-0.2, 0) is 14.6 Å². The minimum atomic E-state index is -3.71. The topological polar surface area (TPSA) is 89.3 Å². The lowest BCUT2D eigenvalue weighted by Gasteiger charge is -2.08. The number of hydrogen-bond donors (Lipinski definition) is 2. The van der Waals surface area contributed by atoms with Crippen molar-refractivity contribution < 1.29 is 13.2 Å². The summed E-state index contributed by atoms with van der Waals surface area (Å²) in [5.41, 5.74) is 6.54. The summed E-state index contributed by atoms with van der Waals surface area (Å²) in [6.45, 7) is 0. The summed E-state index contributed by atoms with van der Waals surface area (Å²) >= 11 is 3.17. The molecule has 0 aliphatic carbocycles. The van der Waals surface area contributed by atoms with Gasteiger partial charge in [-0.05, 0) is 46.3 Å². The van der Waals surface area contributed by atoms with Crippen LogP contribution in [0.5, 0.6) is 0 Å². The standard InChI is InChI=1S/C14H13BrN2O3S/c15-12-6-1-2-7-13(12)21(19,20)9-14(18)17-11-5-3-4-10(16)8-11/h1-8H,9,16H2,(H,17,18). The van der Waals surface area contributed by atoms with Crippen LogP contribution in [0.2, 0.25) is 0 Å². The number of benzene rings is 2. The highest BCUT2D eigenvalue weighted by Crippen LogP contribution is 2.22.